The summed E-state index contributed by atoms with van der Waals surface area (Å²) >= 11 is 3.41. The van der Waals surface area contributed by atoms with Gasteiger partial charge in [-0.25, -0.2) is 4.79 Å². The Labute approximate surface area is 327 Å². The Morgan fingerprint density at radius 1 is 0.981 bits per heavy atom. The number of rotatable bonds is 16. The van der Waals surface area contributed by atoms with Crippen LogP contribution in [0.1, 0.15) is 85.3 Å². The van der Waals surface area contributed by atoms with Gasteiger partial charge >= 0.3 is 6.09 Å². The zero-order valence-electron chi connectivity index (χ0n) is 32.8. The summed E-state index contributed by atoms with van der Waals surface area (Å²) < 4.78 is 4.88. The largest absolute Gasteiger partial charge is 0.449 e. The summed E-state index contributed by atoms with van der Waals surface area (Å²) in [5.74, 6) is -2.22. The van der Waals surface area contributed by atoms with Gasteiger partial charge in [0.15, 0.2) is 0 Å². The van der Waals surface area contributed by atoms with Crippen molar-refractivity contribution in [3.8, 4) is 0 Å². The average Bonchev–Trinajstić information content (AvgIpc) is 3.50. The van der Waals surface area contributed by atoms with Crippen LogP contribution in [-0.2, 0) is 33.5 Å². The van der Waals surface area contributed by atoms with Crippen LogP contribution in [0.15, 0.2) is 30.3 Å². The number of hydrogen-bond acceptors (Lipinski definition) is 10. The van der Waals surface area contributed by atoms with E-state index >= 15 is 0 Å². The molecule has 4 N–H and O–H groups in total. The molecule has 2 saturated heterocycles. The van der Waals surface area contributed by atoms with E-state index in [1.165, 1.54) is 9.80 Å². The molecule has 300 valence electrons. The Kier molecular flexibility index (Phi) is 16.7. The van der Waals surface area contributed by atoms with Gasteiger partial charge in [0.25, 0.3) is 5.91 Å². The first-order valence-corrected chi connectivity index (χ1v) is 20.6. The summed E-state index contributed by atoms with van der Waals surface area (Å²) in [5.41, 5.74) is -0.182. The number of ketones is 1. The Balaban J connectivity index is 1.78. The molecule has 16 heteroatoms. The van der Waals surface area contributed by atoms with E-state index in [-0.39, 0.29) is 31.4 Å². The molecule has 0 radical (unpaired) electrons. The summed E-state index contributed by atoms with van der Waals surface area (Å²) in [4.78, 5) is 96.7. The fraction of sp³-hybridized carbons (Fsp3) is 0.658. The van der Waals surface area contributed by atoms with Crippen molar-refractivity contribution in [1.29, 1.82) is 0 Å². The number of alkyl carbamates (subject to hydrolysis) is 1. The lowest BCUT2D eigenvalue weighted by molar-refractivity contribution is -0.144. The molecule has 1 spiro atoms. The van der Waals surface area contributed by atoms with Crippen molar-refractivity contribution in [2.24, 2.45) is 11.3 Å². The molecule has 2 aliphatic heterocycles. The second kappa shape index (κ2) is 20.2. The number of unbranched alkanes of at least 4 members (excludes halogenated alkanes) is 1. The highest BCUT2D eigenvalue weighted by atomic mass is 32.2. The van der Waals surface area contributed by atoms with Crippen LogP contribution < -0.4 is 21.3 Å². The maximum atomic E-state index is 14.4. The van der Waals surface area contributed by atoms with Gasteiger partial charge in [0.2, 0.25) is 29.4 Å². The van der Waals surface area contributed by atoms with Crippen LogP contribution in [-0.4, -0.2) is 119 Å². The molecule has 6 amide bonds. The molecule has 2 fully saturated rings. The number of amides is 6. The van der Waals surface area contributed by atoms with E-state index in [0.717, 1.165) is 17.9 Å². The first-order chi connectivity index (χ1) is 25.4. The van der Waals surface area contributed by atoms with E-state index in [1.807, 2.05) is 41.5 Å². The van der Waals surface area contributed by atoms with E-state index in [4.69, 9.17) is 4.74 Å². The first-order valence-electron chi connectivity index (χ1n) is 18.6. The number of carbonyl (C=O) groups is 7. The van der Waals surface area contributed by atoms with Gasteiger partial charge in [-0.2, -0.15) is 0 Å². The number of nitrogens with one attached hydrogen (secondary N) is 4. The van der Waals surface area contributed by atoms with Gasteiger partial charge in [0.1, 0.15) is 18.1 Å². The predicted molar refractivity (Wildman–Crippen MR) is 210 cm³/mol. The molecule has 4 atom stereocenters. The highest BCUT2D eigenvalue weighted by Gasteiger charge is 2.53. The zero-order valence-corrected chi connectivity index (χ0v) is 34.5. The number of likely N-dealkylation sites (N-methyl/N-ethyl adjacent to an activating group) is 1. The normalized spacial score (nSPS) is 18.2. The van der Waals surface area contributed by atoms with E-state index in [2.05, 4.69) is 21.3 Å². The predicted octanol–water partition coefficient (Wildman–Crippen LogP) is 3.26. The maximum Gasteiger partial charge on any atom is 0.407 e. The van der Waals surface area contributed by atoms with Crippen LogP contribution >= 0.6 is 23.5 Å². The second-order valence-corrected chi connectivity index (χ2v) is 18.7. The Morgan fingerprint density at radius 3 is 2.20 bits per heavy atom. The number of nitrogens with zero attached hydrogens (tertiary/aromatic N) is 2. The molecule has 0 saturated carbocycles. The standard InChI is InChI=1S/C38H58N6O8S2/c1-9-10-17-26(30(46)33(48)39-21-28(45)41-29(34(49)43(7)8)25-15-12-11-13-16-25)40-32(47)27-20-38(53-18-14-19-54-38)23-44(27)35(50)31(37(4,5)6)42-36(51)52-22-24(2)3/h11-13,15-16,24,26-27,29,31H,9-10,14,17-23H2,1-8H3,(H,39,48)(H,40,47)(H,41,45)(H,42,51)/t26-,27+,29?,31-/m1/s1. The average molecular weight is 791 g/mol. The summed E-state index contributed by atoms with van der Waals surface area (Å²) in [6.07, 6.45) is 1.96. The number of thioether (sulfide) groups is 2. The summed E-state index contributed by atoms with van der Waals surface area (Å²) in [6, 6.07) is 4.46. The van der Waals surface area contributed by atoms with Gasteiger partial charge in [0, 0.05) is 27.1 Å². The van der Waals surface area contributed by atoms with Crippen LogP contribution in [0.5, 0.6) is 0 Å². The van der Waals surface area contributed by atoms with Gasteiger partial charge in [-0.3, -0.25) is 28.8 Å². The van der Waals surface area contributed by atoms with Crippen molar-refractivity contribution in [3.05, 3.63) is 35.9 Å². The van der Waals surface area contributed by atoms with Crippen LogP contribution in [0.2, 0.25) is 0 Å². The highest BCUT2D eigenvalue weighted by molar-refractivity contribution is 8.18. The van der Waals surface area contributed by atoms with Gasteiger partial charge < -0.3 is 35.8 Å². The van der Waals surface area contributed by atoms with Crippen molar-refractivity contribution in [1.82, 2.24) is 31.1 Å². The lowest BCUT2D eigenvalue weighted by atomic mass is 9.85. The number of likely N-dealkylation sites (tertiary alicyclic amines) is 1. The Morgan fingerprint density at radius 2 is 1.63 bits per heavy atom. The lowest BCUT2D eigenvalue weighted by Crippen LogP contribution is -2.59. The first kappa shape index (κ1) is 44.6. The van der Waals surface area contributed by atoms with Crippen molar-refractivity contribution >= 4 is 64.9 Å². The van der Waals surface area contributed by atoms with E-state index in [0.29, 0.717) is 24.8 Å². The molecule has 0 bridgehead atoms. The molecule has 1 aromatic carbocycles. The summed E-state index contributed by atoms with van der Waals surface area (Å²) in [6.45, 7) is 11.1. The third-order valence-electron chi connectivity index (χ3n) is 9.06. The molecule has 0 aromatic heterocycles. The van der Waals surface area contributed by atoms with E-state index < -0.39 is 75.7 Å². The van der Waals surface area contributed by atoms with Crippen LogP contribution in [0.25, 0.3) is 0 Å². The minimum Gasteiger partial charge on any atom is -0.449 e. The second-order valence-electron chi connectivity index (χ2n) is 15.5. The van der Waals surface area contributed by atoms with Crippen molar-refractivity contribution in [3.63, 3.8) is 0 Å². The Hall–Kier alpha value is -3.79. The van der Waals surface area contributed by atoms with Gasteiger partial charge in [-0.1, -0.05) is 84.7 Å². The van der Waals surface area contributed by atoms with Crippen LogP contribution in [0.4, 0.5) is 4.79 Å². The van der Waals surface area contributed by atoms with E-state index in [1.54, 1.807) is 68.0 Å². The van der Waals surface area contributed by atoms with Gasteiger partial charge in [0.05, 0.1) is 23.3 Å². The quantitative estimate of drug-likeness (QED) is 0.182. The van der Waals surface area contributed by atoms with Crippen molar-refractivity contribution in [2.75, 3.05) is 45.3 Å². The van der Waals surface area contributed by atoms with E-state index in [9.17, 15) is 33.6 Å². The lowest BCUT2D eigenvalue weighted by Gasteiger charge is -2.36. The molecule has 1 unspecified atom stereocenters. The molecule has 54 heavy (non-hydrogen) atoms. The molecule has 14 nitrogen and oxygen atoms in total. The molecule has 1 aromatic rings. The fourth-order valence-electron chi connectivity index (χ4n) is 6.10. The highest BCUT2D eigenvalue weighted by Crippen LogP contribution is 2.50. The SMILES string of the molecule is CCCC[C@@H](NC(=O)[C@@H]1CC2(CN1C(=O)[C@@H](NC(=O)OCC(C)C)C(C)(C)C)SCCCS2)C(=O)C(=O)NCC(=O)NC(C(=O)N(C)C)c1ccccc1. The summed E-state index contributed by atoms with van der Waals surface area (Å²) in [7, 11) is 3.13. The molecular weight excluding hydrogens is 733 g/mol. The fourth-order valence-corrected chi connectivity index (χ4v) is 9.45. The van der Waals surface area contributed by atoms with Crippen molar-refractivity contribution < 1.29 is 38.3 Å². The number of ether oxygens (including phenoxy) is 1. The number of benzene rings is 1. The minimum atomic E-state index is -1.21. The number of hydrogen-bond donors (Lipinski definition) is 4. The molecule has 3 rings (SSSR count). The topological polar surface area (TPSA) is 183 Å². The molecule has 0 aliphatic carbocycles. The number of Topliss-reactive ketones (excluding diaryl/α,β-unsaturated/α-hetero) is 1. The Bertz CT molecular complexity index is 1500. The third kappa shape index (κ3) is 12.6. The third-order valence-corrected chi connectivity index (χ3v) is 12.4. The molecule has 2 heterocycles. The minimum absolute atomic E-state index is 0.0970. The monoisotopic (exact) mass is 790 g/mol. The maximum absolute atomic E-state index is 14.4. The smallest absolute Gasteiger partial charge is 0.407 e. The number of carbonyl (C=O) groups excluding carboxylic acids is 7. The van der Waals surface area contributed by atoms with Crippen molar-refractivity contribution in [2.45, 2.75) is 102 Å². The molecule has 2 aliphatic rings. The molecular formula is C38H58N6O8S2. The zero-order chi connectivity index (χ0) is 40.2. The van der Waals surface area contributed by atoms with Crippen LogP contribution in [0, 0.1) is 11.3 Å². The summed E-state index contributed by atoms with van der Waals surface area (Å²) in [5, 5.41) is 10.5. The van der Waals surface area contributed by atoms with Gasteiger partial charge in [-0.05, 0) is 41.2 Å². The van der Waals surface area contributed by atoms with Gasteiger partial charge in [-0.15, -0.1) is 23.5 Å². The van der Waals surface area contributed by atoms with Crippen LogP contribution in [0.3, 0.4) is 0 Å².